The first kappa shape index (κ1) is 25.5. The molecule has 3 rings (SSSR count). The third-order valence-electron chi connectivity index (χ3n) is 3.55. The number of hydrogen-bond donors (Lipinski definition) is 4. The van der Waals surface area contributed by atoms with E-state index in [9.17, 15) is 4.39 Å². The fourth-order valence-electron chi connectivity index (χ4n) is 2.38. The first-order valence-electron chi connectivity index (χ1n) is 9.41. The number of aromatic amines is 1. The lowest BCUT2D eigenvalue weighted by Gasteiger charge is -2.16. The zero-order valence-corrected chi connectivity index (χ0v) is 17.8. The Bertz CT molecular complexity index is 954. The van der Waals surface area contributed by atoms with E-state index in [4.69, 9.17) is 24.2 Å². The van der Waals surface area contributed by atoms with Crippen molar-refractivity contribution in [3.63, 3.8) is 0 Å². The van der Waals surface area contributed by atoms with Crippen LogP contribution >= 0.6 is 0 Å². The number of aromatic nitrogens is 4. The molecule has 31 heavy (non-hydrogen) atoms. The minimum absolute atomic E-state index is 0.272. The van der Waals surface area contributed by atoms with E-state index in [1.54, 1.807) is 6.07 Å². The highest BCUT2D eigenvalue weighted by Crippen LogP contribution is 2.15. The molecular weight excluding hydrogens is 411 g/mol. The normalized spacial score (nSPS) is 9.97. The standard InChI is InChI=1S/C15H19FN6O.2C2H4O2/c1-3-22(15-21-20-14(23-15)9-17-2)7-6-13-18-11-5-4-10(16)8-12(11)19-13;2*1-2(3)4/h4-5,8,17H,3,6-7,9H2,1-2H3,(H,18,19);2*1H3,(H,3,4). The Labute approximate surface area is 178 Å². The third kappa shape index (κ3) is 9.67. The second-order valence-corrected chi connectivity index (χ2v) is 6.22. The summed E-state index contributed by atoms with van der Waals surface area (Å²) >= 11 is 0. The number of benzene rings is 1. The highest BCUT2D eigenvalue weighted by atomic mass is 19.1. The number of fused-ring (bicyclic) bond motifs is 1. The smallest absolute Gasteiger partial charge is 0.318 e. The van der Waals surface area contributed by atoms with Gasteiger partial charge in [-0.1, -0.05) is 5.10 Å². The summed E-state index contributed by atoms with van der Waals surface area (Å²) < 4.78 is 18.8. The number of nitrogens with zero attached hydrogens (tertiary/aromatic N) is 4. The van der Waals surface area contributed by atoms with Crippen LogP contribution in [0.25, 0.3) is 11.0 Å². The first-order valence-corrected chi connectivity index (χ1v) is 9.41. The van der Waals surface area contributed by atoms with Crippen molar-refractivity contribution in [2.75, 3.05) is 25.0 Å². The summed E-state index contributed by atoms with van der Waals surface area (Å²) in [5.74, 6) is -0.579. The molecule has 0 fully saturated rings. The molecule has 12 heteroatoms. The quantitative estimate of drug-likeness (QED) is 0.430. The maximum atomic E-state index is 13.2. The van der Waals surface area contributed by atoms with Crippen LogP contribution in [0, 0.1) is 5.82 Å². The van der Waals surface area contributed by atoms with Crippen molar-refractivity contribution in [2.24, 2.45) is 0 Å². The summed E-state index contributed by atoms with van der Waals surface area (Å²) in [7, 11) is 1.83. The van der Waals surface area contributed by atoms with Gasteiger partial charge in [0.2, 0.25) is 5.89 Å². The molecule has 2 heterocycles. The van der Waals surface area contributed by atoms with Crippen molar-refractivity contribution in [3.8, 4) is 0 Å². The van der Waals surface area contributed by atoms with Crippen molar-refractivity contribution >= 4 is 29.0 Å². The first-order chi connectivity index (χ1) is 14.7. The SMILES string of the molecule is CC(=O)O.CC(=O)O.CCN(CCc1nc2ccc(F)cc2[nH]1)c1nnc(CNC)o1. The summed E-state index contributed by atoms with van der Waals surface area (Å²) in [4.78, 5) is 27.6. The van der Waals surface area contributed by atoms with E-state index in [-0.39, 0.29) is 5.82 Å². The van der Waals surface area contributed by atoms with Crippen LogP contribution in [0.3, 0.4) is 0 Å². The third-order valence-corrected chi connectivity index (χ3v) is 3.55. The molecule has 0 bridgehead atoms. The maximum absolute atomic E-state index is 13.2. The Morgan fingerprint density at radius 3 is 2.45 bits per heavy atom. The van der Waals surface area contributed by atoms with Gasteiger partial charge in [0.25, 0.3) is 11.9 Å². The van der Waals surface area contributed by atoms with Crippen molar-refractivity contribution in [3.05, 3.63) is 35.7 Å². The number of imidazole rings is 1. The predicted octanol–water partition coefficient (Wildman–Crippen LogP) is 2.06. The predicted molar refractivity (Wildman–Crippen MR) is 111 cm³/mol. The van der Waals surface area contributed by atoms with Gasteiger partial charge >= 0.3 is 6.01 Å². The van der Waals surface area contributed by atoms with Crippen LogP contribution in [-0.4, -0.2) is 62.5 Å². The number of H-pyrrole nitrogens is 1. The van der Waals surface area contributed by atoms with Crippen LogP contribution in [0.4, 0.5) is 10.4 Å². The van der Waals surface area contributed by atoms with E-state index in [1.807, 2.05) is 18.9 Å². The number of halogens is 1. The average molecular weight is 438 g/mol. The number of anilines is 1. The van der Waals surface area contributed by atoms with Crippen LogP contribution in [0.2, 0.25) is 0 Å². The van der Waals surface area contributed by atoms with Gasteiger partial charge in [0.1, 0.15) is 11.6 Å². The molecule has 0 unspecified atom stereocenters. The Balaban J connectivity index is 0.000000519. The Hall–Kier alpha value is -3.54. The Morgan fingerprint density at radius 1 is 1.23 bits per heavy atom. The molecule has 0 radical (unpaired) electrons. The summed E-state index contributed by atoms with van der Waals surface area (Å²) in [5, 5.41) is 25.9. The summed E-state index contributed by atoms with van der Waals surface area (Å²) in [6.45, 7) is 6.16. The average Bonchev–Trinajstić information content (AvgIpc) is 3.28. The van der Waals surface area contributed by atoms with Crippen LogP contribution in [0.15, 0.2) is 22.6 Å². The van der Waals surface area contributed by atoms with E-state index in [1.165, 1.54) is 12.1 Å². The molecule has 0 atom stereocenters. The second kappa shape index (κ2) is 12.9. The van der Waals surface area contributed by atoms with Gasteiger partial charge in [-0.3, -0.25) is 9.59 Å². The largest absolute Gasteiger partial charge is 0.481 e. The van der Waals surface area contributed by atoms with Crippen molar-refractivity contribution < 1.29 is 28.6 Å². The minimum atomic E-state index is -0.833. The van der Waals surface area contributed by atoms with Gasteiger partial charge in [0, 0.05) is 33.4 Å². The van der Waals surface area contributed by atoms with Gasteiger partial charge < -0.3 is 29.8 Å². The molecule has 0 aliphatic carbocycles. The lowest BCUT2D eigenvalue weighted by atomic mass is 10.3. The Morgan fingerprint density at radius 2 is 1.87 bits per heavy atom. The van der Waals surface area contributed by atoms with Gasteiger partial charge in [-0.15, -0.1) is 5.10 Å². The molecular formula is C19H27FN6O5. The van der Waals surface area contributed by atoms with Crippen LogP contribution in [0.1, 0.15) is 32.5 Å². The molecule has 0 saturated heterocycles. The van der Waals surface area contributed by atoms with E-state index in [2.05, 4.69) is 25.5 Å². The molecule has 2 aromatic heterocycles. The fourth-order valence-corrected chi connectivity index (χ4v) is 2.38. The van der Waals surface area contributed by atoms with Crippen molar-refractivity contribution in [1.29, 1.82) is 0 Å². The van der Waals surface area contributed by atoms with Crippen LogP contribution < -0.4 is 10.2 Å². The number of rotatable bonds is 7. The van der Waals surface area contributed by atoms with Gasteiger partial charge in [0.15, 0.2) is 0 Å². The summed E-state index contributed by atoms with van der Waals surface area (Å²) in [6, 6.07) is 5.03. The van der Waals surface area contributed by atoms with Crippen LogP contribution in [-0.2, 0) is 22.6 Å². The molecule has 170 valence electrons. The fraction of sp³-hybridized carbons (Fsp3) is 0.421. The van der Waals surface area contributed by atoms with Gasteiger partial charge in [-0.25, -0.2) is 9.37 Å². The monoisotopic (exact) mass is 438 g/mol. The number of nitrogens with one attached hydrogen (secondary N) is 2. The zero-order valence-electron chi connectivity index (χ0n) is 17.8. The van der Waals surface area contributed by atoms with Gasteiger partial charge in [0.05, 0.1) is 17.6 Å². The second-order valence-electron chi connectivity index (χ2n) is 6.22. The number of hydrogen-bond acceptors (Lipinski definition) is 8. The molecule has 11 nitrogen and oxygen atoms in total. The maximum Gasteiger partial charge on any atom is 0.318 e. The number of carboxylic acid groups (broad SMARTS) is 2. The lowest BCUT2D eigenvalue weighted by molar-refractivity contribution is -0.135. The summed E-state index contributed by atoms with van der Waals surface area (Å²) in [6.07, 6.45) is 0.674. The number of carbonyl (C=O) groups is 2. The number of carboxylic acids is 2. The lowest BCUT2D eigenvalue weighted by Crippen LogP contribution is -2.26. The van der Waals surface area contributed by atoms with Crippen LogP contribution in [0.5, 0.6) is 0 Å². The van der Waals surface area contributed by atoms with Crippen molar-refractivity contribution in [2.45, 2.75) is 33.7 Å². The zero-order chi connectivity index (χ0) is 23.4. The molecule has 0 amide bonds. The summed E-state index contributed by atoms with van der Waals surface area (Å²) in [5.41, 5.74) is 1.47. The van der Waals surface area contributed by atoms with Gasteiger partial charge in [-0.2, -0.15) is 0 Å². The number of likely N-dealkylation sites (N-methyl/N-ethyl adjacent to an activating group) is 1. The molecule has 0 saturated carbocycles. The molecule has 0 aliphatic heterocycles. The molecule has 4 N–H and O–H groups in total. The molecule has 0 aliphatic rings. The molecule has 1 aromatic carbocycles. The van der Waals surface area contributed by atoms with E-state index >= 15 is 0 Å². The molecule has 3 aromatic rings. The van der Waals surface area contributed by atoms with E-state index in [0.29, 0.717) is 36.9 Å². The molecule has 0 spiro atoms. The van der Waals surface area contributed by atoms with Gasteiger partial charge in [-0.05, 0) is 32.2 Å². The Kier molecular flexibility index (Phi) is 10.6. The topological polar surface area (TPSA) is 157 Å². The van der Waals surface area contributed by atoms with E-state index in [0.717, 1.165) is 31.7 Å². The number of aliphatic carboxylic acids is 2. The highest BCUT2D eigenvalue weighted by molar-refractivity contribution is 5.74. The highest BCUT2D eigenvalue weighted by Gasteiger charge is 2.14. The minimum Gasteiger partial charge on any atom is -0.481 e. The van der Waals surface area contributed by atoms with E-state index < -0.39 is 11.9 Å². The van der Waals surface area contributed by atoms with Crippen molar-refractivity contribution in [1.82, 2.24) is 25.5 Å².